The van der Waals surface area contributed by atoms with E-state index < -0.39 is 0 Å². The zero-order valence-electron chi connectivity index (χ0n) is 13.4. The molecule has 0 fully saturated rings. The van der Waals surface area contributed by atoms with E-state index in [2.05, 4.69) is 12.2 Å². The van der Waals surface area contributed by atoms with E-state index >= 15 is 0 Å². The Hall–Kier alpha value is -1.65. The van der Waals surface area contributed by atoms with E-state index in [4.69, 9.17) is 4.42 Å². The minimum atomic E-state index is -0.270. The molecule has 120 valence electrons. The minimum Gasteiger partial charge on any atom is -0.460 e. The SMILES string of the molecule is Cc1cc(F)ccc1-c1ccc(CNCC(C)CC(C)O)o1. The Kier molecular flexibility index (Phi) is 5.75. The predicted octanol–water partition coefficient (Wildman–Crippen LogP) is 3.89. The monoisotopic (exact) mass is 305 g/mol. The summed E-state index contributed by atoms with van der Waals surface area (Å²) in [4.78, 5) is 0. The van der Waals surface area contributed by atoms with Crippen molar-refractivity contribution in [3.8, 4) is 11.3 Å². The fourth-order valence-corrected chi connectivity index (χ4v) is 2.63. The summed E-state index contributed by atoms with van der Waals surface area (Å²) in [5.74, 6) is 1.78. The molecule has 1 aromatic carbocycles. The van der Waals surface area contributed by atoms with E-state index in [1.54, 1.807) is 13.0 Å². The highest BCUT2D eigenvalue weighted by Crippen LogP contribution is 2.26. The summed E-state index contributed by atoms with van der Waals surface area (Å²) in [7, 11) is 0. The Morgan fingerprint density at radius 1 is 1.23 bits per heavy atom. The van der Waals surface area contributed by atoms with Gasteiger partial charge in [0.25, 0.3) is 0 Å². The molecule has 2 N–H and O–H groups in total. The number of aryl methyl sites for hydroxylation is 1. The van der Waals surface area contributed by atoms with Crippen LogP contribution in [0.5, 0.6) is 0 Å². The summed E-state index contributed by atoms with van der Waals surface area (Å²) in [6.45, 7) is 7.26. The fourth-order valence-electron chi connectivity index (χ4n) is 2.63. The summed E-state index contributed by atoms with van der Waals surface area (Å²) in [5, 5.41) is 12.7. The van der Waals surface area contributed by atoms with Crippen LogP contribution >= 0.6 is 0 Å². The van der Waals surface area contributed by atoms with Crippen molar-refractivity contribution < 1.29 is 13.9 Å². The van der Waals surface area contributed by atoms with Crippen LogP contribution in [-0.4, -0.2) is 17.8 Å². The molecule has 1 aromatic heterocycles. The molecule has 0 radical (unpaired) electrons. The van der Waals surface area contributed by atoms with Crippen molar-refractivity contribution in [3.05, 3.63) is 47.5 Å². The van der Waals surface area contributed by atoms with Crippen LogP contribution < -0.4 is 5.32 Å². The second-order valence-electron chi connectivity index (χ2n) is 6.05. The molecular formula is C18H24FNO2. The number of furan rings is 1. The molecule has 0 bridgehead atoms. The van der Waals surface area contributed by atoms with E-state index in [-0.39, 0.29) is 11.9 Å². The highest BCUT2D eigenvalue weighted by Gasteiger charge is 2.09. The molecule has 0 spiro atoms. The molecule has 0 amide bonds. The van der Waals surface area contributed by atoms with Gasteiger partial charge in [-0.1, -0.05) is 6.92 Å². The molecule has 0 aliphatic heterocycles. The van der Waals surface area contributed by atoms with Gasteiger partial charge in [-0.3, -0.25) is 0 Å². The standard InChI is InChI=1S/C18H24FNO2/c1-12(8-14(3)21)10-20-11-16-5-7-18(22-16)17-6-4-15(19)9-13(17)2/h4-7,9,12,14,20-21H,8,10-11H2,1-3H3. The Labute approximate surface area is 131 Å². The average Bonchev–Trinajstić information content (AvgIpc) is 2.86. The zero-order chi connectivity index (χ0) is 16.1. The van der Waals surface area contributed by atoms with Gasteiger partial charge in [0, 0.05) is 5.56 Å². The van der Waals surface area contributed by atoms with E-state index in [1.807, 2.05) is 19.1 Å². The summed E-state index contributed by atoms with van der Waals surface area (Å²) in [6, 6.07) is 8.54. The molecule has 2 rings (SSSR count). The number of benzene rings is 1. The molecule has 2 atom stereocenters. The van der Waals surface area contributed by atoms with Gasteiger partial charge in [0.15, 0.2) is 0 Å². The second-order valence-corrected chi connectivity index (χ2v) is 6.05. The lowest BCUT2D eigenvalue weighted by Gasteiger charge is -2.13. The van der Waals surface area contributed by atoms with E-state index in [1.165, 1.54) is 12.1 Å². The van der Waals surface area contributed by atoms with Crippen molar-refractivity contribution in [2.24, 2.45) is 5.92 Å². The van der Waals surface area contributed by atoms with Gasteiger partial charge in [0.2, 0.25) is 0 Å². The summed E-state index contributed by atoms with van der Waals surface area (Å²) in [6.07, 6.45) is 0.513. The normalized spacial score (nSPS) is 14.0. The lowest BCUT2D eigenvalue weighted by atomic mass is 10.1. The Balaban J connectivity index is 1.91. The average molecular weight is 305 g/mol. The molecule has 4 heteroatoms. The molecule has 0 aliphatic rings. The third-order valence-corrected chi connectivity index (χ3v) is 3.65. The Morgan fingerprint density at radius 2 is 2.00 bits per heavy atom. The second kappa shape index (κ2) is 7.56. The first kappa shape index (κ1) is 16.7. The van der Waals surface area contributed by atoms with E-state index in [9.17, 15) is 9.50 Å². The predicted molar refractivity (Wildman–Crippen MR) is 86.0 cm³/mol. The van der Waals surface area contributed by atoms with Gasteiger partial charge in [-0.15, -0.1) is 0 Å². The van der Waals surface area contributed by atoms with E-state index in [0.29, 0.717) is 12.5 Å². The van der Waals surface area contributed by atoms with Crippen molar-refractivity contribution in [2.45, 2.75) is 39.8 Å². The first-order chi connectivity index (χ1) is 10.5. The number of aliphatic hydroxyl groups excluding tert-OH is 1. The third-order valence-electron chi connectivity index (χ3n) is 3.65. The first-order valence-corrected chi connectivity index (χ1v) is 7.69. The maximum absolute atomic E-state index is 13.1. The maximum atomic E-state index is 13.1. The van der Waals surface area contributed by atoms with Crippen molar-refractivity contribution in [1.82, 2.24) is 5.32 Å². The first-order valence-electron chi connectivity index (χ1n) is 7.69. The quantitative estimate of drug-likeness (QED) is 0.815. The highest BCUT2D eigenvalue weighted by atomic mass is 19.1. The van der Waals surface area contributed by atoms with Gasteiger partial charge >= 0.3 is 0 Å². The molecule has 3 nitrogen and oxygen atoms in total. The molecule has 0 aliphatic carbocycles. The largest absolute Gasteiger partial charge is 0.460 e. The van der Waals surface area contributed by atoms with Gasteiger partial charge in [-0.2, -0.15) is 0 Å². The van der Waals surface area contributed by atoms with Gasteiger partial charge in [0.05, 0.1) is 12.6 Å². The van der Waals surface area contributed by atoms with Crippen molar-refractivity contribution in [2.75, 3.05) is 6.54 Å². The van der Waals surface area contributed by atoms with Gasteiger partial charge in [-0.25, -0.2) is 4.39 Å². The number of aliphatic hydroxyl groups is 1. The Bertz CT molecular complexity index is 607. The molecule has 2 aromatic rings. The van der Waals surface area contributed by atoms with E-state index in [0.717, 1.165) is 35.6 Å². The minimum absolute atomic E-state index is 0.234. The van der Waals surface area contributed by atoms with Crippen LogP contribution in [0.2, 0.25) is 0 Å². The van der Waals surface area contributed by atoms with Crippen LogP contribution in [0.4, 0.5) is 4.39 Å². The van der Waals surface area contributed by atoms with Crippen LogP contribution in [0.1, 0.15) is 31.6 Å². The number of halogens is 1. The topological polar surface area (TPSA) is 45.4 Å². The lowest BCUT2D eigenvalue weighted by molar-refractivity contribution is 0.163. The number of hydrogen-bond acceptors (Lipinski definition) is 3. The lowest BCUT2D eigenvalue weighted by Crippen LogP contribution is -2.22. The van der Waals surface area contributed by atoms with Gasteiger partial charge in [0.1, 0.15) is 17.3 Å². The highest BCUT2D eigenvalue weighted by molar-refractivity contribution is 5.62. The van der Waals surface area contributed by atoms with Crippen LogP contribution in [0, 0.1) is 18.7 Å². The molecular weight excluding hydrogens is 281 g/mol. The van der Waals surface area contributed by atoms with Crippen molar-refractivity contribution >= 4 is 0 Å². The van der Waals surface area contributed by atoms with Crippen molar-refractivity contribution in [3.63, 3.8) is 0 Å². The fraction of sp³-hybridized carbons (Fsp3) is 0.444. The van der Waals surface area contributed by atoms with Crippen LogP contribution in [0.25, 0.3) is 11.3 Å². The molecule has 2 unspecified atom stereocenters. The van der Waals surface area contributed by atoms with Crippen molar-refractivity contribution in [1.29, 1.82) is 0 Å². The Morgan fingerprint density at radius 3 is 2.68 bits per heavy atom. The molecule has 1 heterocycles. The number of rotatable bonds is 7. The van der Waals surface area contributed by atoms with Crippen LogP contribution in [0.3, 0.4) is 0 Å². The summed E-state index contributed by atoms with van der Waals surface area (Å²) >= 11 is 0. The molecule has 0 saturated carbocycles. The zero-order valence-corrected chi connectivity index (χ0v) is 13.4. The smallest absolute Gasteiger partial charge is 0.134 e. The summed E-state index contributed by atoms with van der Waals surface area (Å²) in [5.41, 5.74) is 1.77. The van der Waals surface area contributed by atoms with Crippen LogP contribution in [0.15, 0.2) is 34.7 Å². The third kappa shape index (κ3) is 4.68. The van der Waals surface area contributed by atoms with Gasteiger partial charge < -0.3 is 14.8 Å². The van der Waals surface area contributed by atoms with Crippen LogP contribution in [-0.2, 0) is 6.54 Å². The summed E-state index contributed by atoms with van der Waals surface area (Å²) < 4.78 is 19.0. The number of hydrogen-bond donors (Lipinski definition) is 2. The van der Waals surface area contributed by atoms with Gasteiger partial charge in [-0.05, 0) is 68.6 Å². The molecule has 22 heavy (non-hydrogen) atoms. The molecule has 0 saturated heterocycles. The number of nitrogens with one attached hydrogen (secondary N) is 1. The maximum Gasteiger partial charge on any atom is 0.134 e.